The van der Waals surface area contributed by atoms with Gasteiger partial charge in [-0.25, -0.2) is 0 Å². The standard InChI is InChI=1S/C15H15NO3/c1-18-14-7-6-10-4-2-3-5-12(10)15(14)13-8-11(9-17)19-16-13/h2-7,11,17H,8-9H2,1H3. The molecule has 1 aliphatic rings. The van der Waals surface area contributed by atoms with Crippen molar-refractivity contribution in [3.63, 3.8) is 0 Å². The number of ether oxygens (including phenoxy) is 1. The fourth-order valence-electron chi connectivity index (χ4n) is 2.39. The van der Waals surface area contributed by atoms with Gasteiger partial charge < -0.3 is 14.7 Å². The summed E-state index contributed by atoms with van der Waals surface area (Å²) in [7, 11) is 1.65. The highest BCUT2D eigenvalue weighted by molar-refractivity contribution is 6.13. The highest BCUT2D eigenvalue weighted by Crippen LogP contribution is 2.31. The number of oxime groups is 1. The van der Waals surface area contributed by atoms with E-state index in [-0.39, 0.29) is 12.7 Å². The summed E-state index contributed by atoms with van der Waals surface area (Å²) in [4.78, 5) is 5.20. The predicted molar refractivity (Wildman–Crippen MR) is 73.6 cm³/mol. The lowest BCUT2D eigenvalue weighted by Crippen LogP contribution is -2.13. The predicted octanol–water partition coefficient (Wildman–Crippen LogP) is 2.33. The fraction of sp³-hybridized carbons (Fsp3) is 0.267. The number of fused-ring (bicyclic) bond motifs is 1. The van der Waals surface area contributed by atoms with Gasteiger partial charge in [-0.2, -0.15) is 0 Å². The zero-order valence-electron chi connectivity index (χ0n) is 10.7. The van der Waals surface area contributed by atoms with Crippen molar-refractivity contribution in [1.82, 2.24) is 0 Å². The quantitative estimate of drug-likeness (QED) is 0.918. The van der Waals surface area contributed by atoms with Crippen LogP contribution in [0.15, 0.2) is 41.6 Å². The molecule has 1 aliphatic heterocycles. The molecule has 0 saturated carbocycles. The third-order valence-corrected chi connectivity index (χ3v) is 3.34. The molecule has 1 unspecified atom stereocenters. The Kier molecular flexibility index (Phi) is 3.09. The zero-order valence-corrected chi connectivity index (χ0v) is 10.7. The van der Waals surface area contributed by atoms with E-state index in [1.54, 1.807) is 7.11 Å². The van der Waals surface area contributed by atoms with E-state index in [9.17, 15) is 0 Å². The second-order valence-electron chi connectivity index (χ2n) is 4.52. The first-order valence-corrected chi connectivity index (χ1v) is 6.23. The highest BCUT2D eigenvalue weighted by Gasteiger charge is 2.25. The number of methoxy groups -OCH3 is 1. The van der Waals surface area contributed by atoms with Crippen LogP contribution in [-0.4, -0.2) is 30.6 Å². The van der Waals surface area contributed by atoms with Crippen molar-refractivity contribution in [2.24, 2.45) is 5.16 Å². The third-order valence-electron chi connectivity index (χ3n) is 3.34. The van der Waals surface area contributed by atoms with E-state index >= 15 is 0 Å². The molecule has 0 fully saturated rings. The second kappa shape index (κ2) is 4.90. The minimum atomic E-state index is -0.251. The largest absolute Gasteiger partial charge is 0.496 e. The highest BCUT2D eigenvalue weighted by atomic mass is 16.6. The van der Waals surface area contributed by atoms with Crippen molar-refractivity contribution < 1.29 is 14.7 Å². The maximum absolute atomic E-state index is 9.14. The third kappa shape index (κ3) is 2.04. The van der Waals surface area contributed by atoms with E-state index in [0.29, 0.717) is 6.42 Å². The average Bonchev–Trinajstić information content (AvgIpc) is 2.94. The van der Waals surface area contributed by atoms with Gasteiger partial charge in [0.15, 0.2) is 6.10 Å². The van der Waals surface area contributed by atoms with Crippen LogP contribution in [-0.2, 0) is 4.84 Å². The van der Waals surface area contributed by atoms with Crippen LogP contribution in [0, 0.1) is 0 Å². The van der Waals surface area contributed by atoms with Crippen LogP contribution in [0.2, 0.25) is 0 Å². The second-order valence-corrected chi connectivity index (χ2v) is 4.52. The lowest BCUT2D eigenvalue weighted by Gasteiger charge is -2.11. The smallest absolute Gasteiger partial charge is 0.156 e. The van der Waals surface area contributed by atoms with Crippen LogP contribution in [0.5, 0.6) is 5.75 Å². The van der Waals surface area contributed by atoms with Crippen LogP contribution in [0.1, 0.15) is 12.0 Å². The minimum Gasteiger partial charge on any atom is -0.496 e. The summed E-state index contributed by atoms with van der Waals surface area (Å²) >= 11 is 0. The monoisotopic (exact) mass is 257 g/mol. The number of benzene rings is 2. The first-order chi connectivity index (χ1) is 9.33. The molecule has 3 rings (SSSR count). The Morgan fingerprint density at radius 1 is 1.32 bits per heavy atom. The summed E-state index contributed by atoms with van der Waals surface area (Å²) in [5.41, 5.74) is 1.78. The molecular formula is C15H15NO3. The van der Waals surface area contributed by atoms with Gasteiger partial charge in [0.05, 0.1) is 19.4 Å². The number of aliphatic hydroxyl groups excluding tert-OH is 1. The Morgan fingerprint density at radius 3 is 2.89 bits per heavy atom. The van der Waals surface area contributed by atoms with Gasteiger partial charge >= 0.3 is 0 Å². The molecule has 0 aliphatic carbocycles. The molecule has 1 atom stereocenters. The topological polar surface area (TPSA) is 51.0 Å². The SMILES string of the molecule is COc1ccc2ccccc2c1C1=NOC(CO)C1. The fourth-order valence-corrected chi connectivity index (χ4v) is 2.39. The molecule has 19 heavy (non-hydrogen) atoms. The summed E-state index contributed by atoms with van der Waals surface area (Å²) in [6.45, 7) is -0.0277. The molecule has 4 heteroatoms. The lowest BCUT2D eigenvalue weighted by molar-refractivity contribution is 0.0390. The molecule has 0 bridgehead atoms. The van der Waals surface area contributed by atoms with Crippen LogP contribution >= 0.6 is 0 Å². The van der Waals surface area contributed by atoms with E-state index in [0.717, 1.165) is 27.8 Å². The molecular weight excluding hydrogens is 242 g/mol. The Hall–Kier alpha value is -2.07. The van der Waals surface area contributed by atoms with Gasteiger partial charge in [-0.3, -0.25) is 0 Å². The van der Waals surface area contributed by atoms with E-state index in [2.05, 4.69) is 11.2 Å². The number of nitrogens with zero attached hydrogens (tertiary/aromatic N) is 1. The van der Waals surface area contributed by atoms with E-state index < -0.39 is 0 Å². The number of aliphatic hydroxyl groups is 1. The maximum Gasteiger partial charge on any atom is 0.156 e. The van der Waals surface area contributed by atoms with Crippen LogP contribution in [0.3, 0.4) is 0 Å². The lowest BCUT2D eigenvalue weighted by atomic mass is 9.97. The van der Waals surface area contributed by atoms with Crippen LogP contribution in [0.4, 0.5) is 0 Å². The molecule has 1 heterocycles. The summed E-state index contributed by atoms with van der Waals surface area (Å²) in [5, 5.41) is 15.5. The minimum absolute atomic E-state index is 0.0277. The van der Waals surface area contributed by atoms with Crippen LogP contribution < -0.4 is 4.74 Å². The average molecular weight is 257 g/mol. The zero-order chi connectivity index (χ0) is 13.2. The molecule has 0 aromatic heterocycles. The van der Waals surface area contributed by atoms with Crippen molar-refractivity contribution in [1.29, 1.82) is 0 Å². The van der Waals surface area contributed by atoms with Crippen molar-refractivity contribution >= 4 is 16.5 Å². The normalized spacial score (nSPS) is 18.2. The number of rotatable bonds is 3. The van der Waals surface area contributed by atoms with Crippen molar-refractivity contribution in [3.05, 3.63) is 42.0 Å². The molecule has 0 saturated heterocycles. The number of hydrogen-bond donors (Lipinski definition) is 1. The van der Waals surface area contributed by atoms with Gasteiger partial charge in [-0.15, -0.1) is 0 Å². The molecule has 2 aromatic rings. The molecule has 0 amide bonds. The maximum atomic E-state index is 9.14. The molecule has 0 spiro atoms. The summed E-state index contributed by atoms with van der Waals surface area (Å²) < 4.78 is 5.44. The number of hydrogen-bond acceptors (Lipinski definition) is 4. The van der Waals surface area contributed by atoms with Crippen molar-refractivity contribution in [3.8, 4) is 5.75 Å². The van der Waals surface area contributed by atoms with Gasteiger partial charge in [-0.1, -0.05) is 35.5 Å². The van der Waals surface area contributed by atoms with Crippen molar-refractivity contribution in [2.45, 2.75) is 12.5 Å². The van der Waals surface area contributed by atoms with Gasteiger partial charge in [0, 0.05) is 12.0 Å². The van der Waals surface area contributed by atoms with Crippen molar-refractivity contribution in [2.75, 3.05) is 13.7 Å². The molecule has 0 radical (unpaired) electrons. The first-order valence-electron chi connectivity index (χ1n) is 6.23. The van der Waals surface area contributed by atoms with E-state index in [4.69, 9.17) is 14.7 Å². The summed E-state index contributed by atoms with van der Waals surface area (Å²) in [6.07, 6.45) is 0.347. The summed E-state index contributed by atoms with van der Waals surface area (Å²) in [6, 6.07) is 12.1. The van der Waals surface area contributed by atoms with E-state index in [1.807, 2.05) is 30.3 Å². The Balaban J connectivity index is 2.15. The molecule has 98 valence electrons. The Morgan fingerprint density at radius 2 is 2.16 bits per heavy atom. The Bertz CT molecular complexity index is 636. The summed E-state index contributed by atoms with van der Waals surface area (Å²) in [5.74, 6) is 0.777. The molecule has 1 N–H and O–H groups in total. The van der Waals surface area contributed by atoms with Gasteiger partial charge in [-0.05, 0) is 16.8 Å². The first kappa shape index (κ1) is 12.0. The molecule has 2 aromatic carbocycles. The van der Waals surface area contributed by atoms with Gasteiger partial charge in [0.2, 0.25) is 0 Å². The van der Waals surface area contributed by atoms with E-state index in [1.165, 1.54) is 0 Å². The molecule has 4 nitrogen and oxygen atoms in total. The van der Waals surface area contributed by atoms with Gasteiger partial charge in [0.1, 0.15) is 5.75 Å². The van der Waals surface area contributed by atoms with Gasteiger partial charge in [0.25, 0.3) is 0 Å². The van der Waals surface area contributed by atoms with Crippen LogP contribution in [0.25, 0.3) is 10.8 Å². The Labute approximate surface area is 111 Å².